The highest BCUT2D eigenvalue weighted by atomic mass is 35.5. The van der Waals surface area contributed by atoms with Crippen molar-refractivity contribution >= 4 is 40.7 Å². The van der Waals surface area contributed by atoms with Crippen molar-refractivity contribution in [1.82, 2.24) is 0 Å². The van der Waals surface area contributed by atoms with Gasteiger partial charge in [0.15, 0.2) is 11.6 Å². The second kappa shape index (κ2) is 8.25. The number of carbonyl (C=O) groups excluding carboxylic acids is 4. The van der Waals surface area contributed by atoms with E-state index >= 15 is 0 Å². The van der Waals surface area contributed by atoms with Gasteiger partial charge in [0.25, 0.3) is 0 Å². The van der Waals surface area contributed by atoms with Crippen LogP contribution in [-0.4, -0.2) is 28.5 Å². The molecular weight excluding hydrogens is 482 g/mol. The van der Waals surface area contributed by atoms with Gasteiger partial charge in [0.1, 0.15) is 18.1 Å². The minimum absolute atomic E-state index is 0.203. The number of nitrogens with zero attached hydrogens (tertiary/aromatic N) is 1. The van der Waals surface area contributed by atoms with Crippen molar-refractivity contribution in [3.63, 3.8) is 0 Å². The van der Waals surface area contributed by atoms with Gasteiger partial charge in [-0.2, -0.15) is 0 Å². The van der Waals surface area contributed by atoms with Crippen LogP contribution in [0.15, 0.2) is 75.3 Å². The number of ketones is 2. The average Bonchev–Trinajstić information content (AvgIpc) is 3.44. The zero-order chi connectivity index (χ0) is 25.3. The molecule has 2 aromatic rings. The number of imide groups is 1. The first-order valence-electron chi connectivity index (χ1n) is 11.8. The SMILES string of the molecule is CC1=CC(=O)C2=C(C1=O)[C@@H](c1ccc(CO)o1)C1=CC[C@@H]3C(=O)N(c4ccc(Cl)cc4)C(=O)[C@@H]3[C@@H]1C2. The molecule has 1 aromatic carbocycles. The number of furan rings is 1. The van der Waals surface area contributed by atoms with E-state index < -0.39 is 23.7 Å². The molecule has 1 fully saturated rings. The molecule has 0 unspecified atom stereocenters. The first-order valence-corrected chi connectivity index (χ1v) is 12.2. The number of halogens is 1. The number of rotatable bonds is 3. The monoisotopic (exact) mass is 503 g/mol. The Kier molecular flexibility index (Phi) is 5.24. The summed E-state index contributed by atoms with van der Waals surface area (Å²) in [5, 5.41) is 10.0. The van der Waals surface area contributed by atoms with E-state index in [9.17, 15) is 24.3 Å². The van der Waals surface area contributed by atoms with Crippen LogP contribution >= 0.6 is 11.6 Å². The smallest absolute Gasteiger partial charge is 0.238 e. The van der Waals surface area contributed by atoms with Crippen LogP contribution in [0.1, 0.15) is 37.2 Å². The molecule has 4 aliphatic rings. The minimum Gasteiger partial charge on any atom is -0.463 e. The second-order valence-electron chi connectivity index (χ2n) is 9.68. The predicted molar refractivity (Wildman–Crippen MR) is 130 cm³/mol. The molecule has 2 heterocycles. The van der Waals surface area contributed by atoms with Gasteiger partial charge in [-0.25, -0.2) is 0 Å². The first-order chi connectivity index (χ1) is 17.3. The van der Waals surface area contributed by atoms with Crippen LogP contribution in [0.2, 0.25) is 5.02 Å². The van der Waals surface area contributed by atoms with E-state index in [1.54, 1.807) is 43.3 Å². The standard InChI is InChI=1S/C28H22ClNO6/c1-13-10-21(32)20-11-19-17(24(25(20)26(13)33)22-9-6-16(12-31)36-22)7-8-18-23(19)28(35)30(27(18)34)15-4-2-14(29)3-5-15/h2-7,9-10,18-19,23-24,31H,8,11-12H2,1H3/t18-,19+,23-,24+/m0/s1. The molecule has 1 aliphatic heterocycles. The third kappa shape index (κ3) is 3.23. The molecular formula is C28H22ClNO6. The fourth-order valence-electron chi connectivity index (χ4n) is 6.17. The molecule has 1 N–H and O–H groups in total. The largest absolute Gasteiger partial charge is 0.463 e. The van der Waals surface area contributed by atoms with Crippen LogP contribution in [0.5, 0.6) is 0 Å². The molecule has 0 saturated carbocycles. The van der Waals surface area contributed by atoms with E-state index in [1.807, 2.05) is 6.08 Å². The van der Waals surface area contributed by atoms with Gasteiger partial charge < -0.3 is 9.52 Å². The number of aliphatic hydroxyl groups is 1. The lowest BCUT2D eigenvalue weighted by molar-refractivity contribution is -0.123. The number of carbonyl (C=O) groups is 4. The van der Waals surface area contributed by atoms with Crippen molar-refractivity contribution in [2.24, 2.45) is 17.8 Å². The molecule has 6 rings (SSSR count). The average molecular weight is 504 g/mol. The van der Waals surface area contributed by atoms with Gasteiger partial charge >= 0.3 is 0 Å². The lowest BCUT2D eigenvalue weighted by Crippen LogP contribution is -2.39. The number of benzene rings is 1. The summed E-state index contributed by atoms with van der Waals surface area (Å²) < 4.78 is 5.87. The van der Waals surface area contributed by atoms with Gasteiger partial charge in [-0.15, -0.1) is 0 Å². The summed E-state index contributed by atoms with van der Waals surface area (Å²) in [6.07, 6.45) is 3.82. The molecule has 0 spiro atoms. The molecule has 182 valence electrons. The van der Waals surface area contributed by atoms with Crippen LogP contribution in [0.4, 0.5) is 5.69 Å². The molecule has 7 nitrogen and oxygen atoms in total. The van der Waals surface area contributed by atoms with Gasteiger partial charge in [-0.1, -0.05) is 23.3 Å². The van der Waals surface area contributed by atoms with Gasteiger partial charge in [0.05, 0.1) is 23.4 Å². The highest BCUT2D eigenvalue weighted by Crippen LogP contribution is 2.55. The maximum absolute atomic E-state index is 13.8. The molecule has 1 aromatic heterocycles. The molecule has 0 bridgehead atoms. The fourth-order valence-corrected chi connectivity index (χ4v) is 6.29. The van der Waals surface area contributed by atoms with Crippen molar-refractivity contribution in [2.45, 2.75) is 32.3 Å². The van der Waals surface area contributed by atoms with E-state index in [0.717, 1.165) is 5.57 Å². The van der Waals surface area contributed by atoms with Gasteiger partial charge in [0, 0.05) is 21.7 Å². The topological polar surface area (TPSA) is 105 Å². The van der Waals surface area contributed by atoms with E-state index in [0.29, 0.717) is 45.4 Å². The lowest BCUT2D eigenvalue weighted by Gasteiger charge is -2.41. The Bertz CT molecular complexity index is 1440. The number of hydrogen-bond acceptors (Lipinski definition) is 6. The van der Waals surface area contributed by atoms with E-state index in [4.69, 9.17) is 16.0 Å². The number of fused-ring (bicyclic) bond motifs is 3. The van der Waals surface area contributed by atoms with Crippen LogP contribution in [0.3, 0.4) is 0 Å². The summed E-state index contributed by atoms with van der Waals surface area (Å²) in [7, 11) is 0. The van der Waals surface area contributed by atoms with Crippen LogP contribution in [-0.2, 0) is 25.8 Å². The van der Waals surface area contributed by atoms with Crippen molar-refractivity contribution in [3.8, 4) is 0 Å². The number of allylic oxidation sites excluding steroid dienone is 6. The number of amides is 2. The van der Waals surface area contributed by atoms with Gasteiger partial charge in [-0.05, 0) is 68.2 Å². The Balaban J connectivity index is 1.47. The van der Waals surface area contributed by atoms with Crippen LogP contribution in [0.25, 0.3) is 0 Å². The third-order valence-electron chi connectivity index (χ3n) is 7.77. The lowest BCUT2D eigenvalue weighted by atomic mass is 9.60. The molecule has 1 saturated heterocycles. The number of Topliss-reactive ketones (excluding diaryl/α,β-unsaturated/α-hetero) is 1. The van der Waals surface area contributed by atoms with Gasteiger partial charge in [-0.3, -0.25) is 24.1 Å². The van der Waals surface area contributed by atoms with Crippen molar-refractivity contribution in [1.29, 1.82) is 0 Å². The maximum atomic E-state index is 13.8. The fraction of sp³-hybridized carbons (Fsp3) is 0.286. The number of aliphatic hydroxyl groups excluding tert-OH is 1. The Morgan fingerprint density at radius 2 is 1.78 bits per heavy atom. The van der Waals surface area contributed by atoms with Crippen molar-refractivity contribution < 1.29 is 28.7 Å². The first kappa shape index (κ1) is 22.9. The van der Waals surface area contributed by atoms with E-state index in [-0.39, 0.29) is 36.4 Å². The van der Waals surface area contributed by atoms with Crippen molar-refractivity contribution in [3.05, 3.63) is 87.4 Å². The normalized spacial score (nSPS) is 27.6. The Labute approximate surface area is 211 Å². The molecule has 36 heavy (non-hydrogen) atoms. The highest BCUT2D eigenvalue weighted by Gasteiger charge is 2.57. The Hall–Kier alpha value is -3.55. The zero-order valence-corrected chi connectivity index (χ0v) is 20.1. The zero-order valence-electron chi connectivity index (χ0n) is 19.4. The second-order valence-corrected chi connectivity index (χ2v) is 10.1. The quantitative estimate of drug-likeness (QED) is 0.385. The van der Waals surface area contributed by atoms with Crippen LogP contribution in [0, 0.1) is 17.8 Å². The minimum atomic E-state index is -0.660. The van der Waals surface area contributed by atoms with Gasteiger partial charge in [0.2, 0.25) is 11.8 Å². The summed E-state index contributed by atoms with van der Waals surface area (Å²) in [4.78, 5) is 54.8. The summed E-state index contributed by atoms with van der Waals surface area (Å²) in [6, 6.07) is 9.88. The Morgan fingerprint density at radius 1 is 1.03 bits per heavy atom. The van der Waals surface area contributed by atoms with Crippen molar-refractivity contribution in [2.75, 3.05) is 4.90 Å². The molecule has 4 atom stereocenters. The number of hydrogen-bond donors (Lipinski definition) is 1. The van der Waals surface area contributed by atoms with Crippen LogP contribution < -0.4 is 4.90 Å². The molecule has 8 heteroatoms. The summed E-state index contributed by atoms with van der Waals surface area (Å²) >= 11 is 6.00. The highest BCUT2D eigenvalue weighted by molar-refractivity contribution is 6.31. The molecule has 0 radical (unpaired) electrons. The summed E-state index contributed by atoms with van der Waals surface area (Å²) in [5.41, 5.74) is 2.35. The van der Waals surface area contributed by atoms with E-state index in [2.05, 4.69) is 0 Å². The molecule has 2 amide bonds. The van der Waals surface area contributed by atoms with E-state index in [1.165, 1.54) is 11.0 Å². The predicted octanol–water partition coefficient (Wildman–Crippen LogP) is 4.06. The third-order valence-corrected chi connectivity index (χ3v) is 8.02. The number of anilines is 1. The summed E-state index contributed by atoms with van der Waals surface area (Å²) in [5.74, 6) is -2.62. The Morgan fingerprint density at radius 3 is 2.47 bits per heavy atom. The maximum Gasteiger partial charge on any atom is 0.238 e. The molecule has 3 aliphatic carbocycles. The summed E-state index contributed by atoms with van der Waals surface area (Å²) in [6.45, 7) is 1.31.